The molecule has 1 amide bonds. The molecule has 15 heavy (non-hydrogen) atoms. The van der Waals surface area contributed by atoms with Crippen LogP contribution < -0.4 is 11.1 Å². The maximum Gasteiger partial charge on any atom is 0.271 e. The lowest BCUT2D eigenvalue weighted by Crippen LogP contribution is -2.22. The number of amides is 1. The van der Waals surface area contributed by atoms with Crippen LogP contribution in [0, 0.1) is 0 Å². The van der Waals surface area contributed by atoms with Gasteiger partial charge in [0.15, 0.2) is 5.13 Å². The summed E-state index contributed by atoms with van der Waals surface area (Å²) in [6.07, 6.45) is 3.14. The highest BCUT2D eigenvalue weighted by molar-refractivity contribution is 7.13. The summed E-state index contributed by atoms with van der Waals surface area (Å²) in [7, 11) is 0. The number of furan rings is 1. The topological polar surface area (TPSA) is 81.1 Å². The number of carbonyl (C=O) groups is 1. The van der Waals surface area contributed by atoms with Crippen LogP contribution >= 0.6 is 11.3 Å². The summed E-state index contributed by atoms with van der Waals surface area (Å²) in [5.41, 5.74) is 6.68. The molecule has 0 atom stereocenters. The third-order valence-corrected chi connectivity index (χ3v) is 2.46. The van der Waals surface area contributed by atoms with E-state index in [1.54, 1.807) is 24.0 Å². The van der Waals surface area contributed by atoms with E-state index < -0.39 is 0 Å². The van der Waals surface area contributed by atoms with Crippen LogP contribution in [-0.4, -0.2) is 10.9 Å². The van der Waals surface area contributed by atoms with Gasteiger partial charge in [0.1, 0.15) is 5.69 Å². The molecule has 0 aliphatic heterocycles. The number of rotatable bonds is 3. The first-order chi connectivity index (χ1) is 7.25. The number of nitrogens with zero attached hydrogens (tertiary/aromatic N) is 1. The molecule has 0 fully saturated rings. The summed E-state index contributed by atoms with van der Waals surface area (Å²) in [6.45, 7) is 0.423. The van der Waals surface area contributed by atoms with Gasteiger partial charge < -0.3 is 15.5 Å². The highest BCUT2D eigenvalue weighted by Gasteiger charge is 2.08. The fraction of sp³-hybridized carbons (Fsp3) is 0.111. The van der Waals surface area contributed by atoms with Gasteiger partial charge >= 0.3 is 0 Å². The minimum Gasteiger partial charge on any atom is -0.472 e. The lowest BCUT2D eigenvalue weighted by atomic mass is 10.3. The van der Waals surface area contributed by atoms with Crippen LogP contribution in [0.3, 0.4) is 0 Å². The van der Waals surface area contributed by atoms with Crippen molar-refractivity contribution in [1.82, 2.24) is 10.3 Å². The van der Waals surface area contributed by atoms with E-state index in [1.807, 2.05) is 0 Å². The fourth-order valence-corrected chi connectivity index (χ4v) is 1.60. The average Bonchev–Trinajstić information content (AvgIpc) is 2.84. The molecule has 0 unspecified atom stereocenters. The number of nitrogens with one attached hydrogen (secondary N) is 1. The Hall–Kier alpha value is -1.82. The molecule has 3 N–H and O–H groups in total. The Morgan fingerprint density at radius 2 is 2.53 bits per heavy atom. The molecule has 0 aliphatic carbocycles. The molecule has 2 aromatic rings. The second kappa shape index (κ2) is 4.14. The van der Waals surface area contributed by atoms with Gasteiger partial charge in [0.25, 0.3) is 5.91 Å². The number of aromatic nitrogens is 1. The molecule has 78 valence electrons. The zero-order valence-electron chi connectivity index (χ0n) is 7.77. The van der Waals surface area contributed by atoms with E-state index in [4.69, 9.17) is 10.2 Å². The fourth-order valence-electron chi connectivity index (χ4n) is 1.06. The molecule has 5 nitrogen and oxygen atoms in total. The third-order valence-electron chi connectivity index (χ3n) is 1.79. The number of anilines is 1. The molecule has 0 spiro atoms. The predicted molar refractivity (Wildman–Crippen MR) is 56.4 cm³/mol. The molecule has 2 heterocycles. The van der Waals surface area contributed by atoms with Crippen LogP contribution in [0.2, 0.25) is 0 Å². The van der Waals surface area contributed by atoms with Crippen molar-refractivity contribution in [1.29, 1.82) is 0 Å². The monoisotopic (exact) mass is 223 g/mol. The molecule has 2 rings (SSSR count). The van der Waals surface area contributed by atoms with Crippen molar-refractivity contribution in [2.75, 3.05) is 5.73 Å². The summed E-state index contributed by atoms with van der Waals surface area (Å²) in [4.78, 5) is 15.4. The molecule has 2 aromatic heterocycles. The van der Waals surface area contributed by atoms with Crippen molar-refractivity contribution in [3.05, 3.63) is 35.2 Å². The van der Waals surface area contributed by atoms with Gasteiger partial charge in [-0.2, -0.15) is 0 Å². The van der Waals surface area contributed by atoms with Crippen LogP contribution in [-0.2, 0) is 6.54 Å². The molecule has 0 aromatic carbocycles. The normalized spacial score (nSPS) is 10.1. The number of hydrogen-bond acceptors (Lipinski definition) is 5. The van der Waals surface area contributed by atoms with Crippen LogP contribution in [0.5, 0.6) is 0 Å². The summed E-state index contributed by atoms with van der Waals surface area (Å²) in [5, 5.41) is 4.72. The van der Waals surface area contributed by atoms with E-state index in [2.05, 4.69) is 10.3 Å². The smallest absolute Gasteiger partial charge is 0.271 e. The Morgan fingerprint density at radius 1 is 1.67 bits per heavy atom. The third kappa shape index (κ3) is 2.35. The highest BCUT2D eigenvalue weighted by atomic mass is 32.1. The Kier molecular flexibility index (Phi) is 2.68. The maximum absolute atomic E-state index is 11.5. The summed E-state index contributed by atoms with van der Waals surface area (Å²) in [6, 6.07) is 1.79. The highest BCUT2D eigenvalue weighted by Crippen LogP contribution is 2.10. The number of nitrogens with two attached hydrogens (primary N) is 1. The summed E-state index contributed by atoms with van der Waals surface area (Å²) in [5.74, 6) is -0.232. The summed E-state index contributed by atoms with van der Waals surface area (Å²) < 4.78 is 4.87. The van der Waals surface area contributed by atoms with Crippen molar-refractivity contribution in [3.63, 3.8) is 0 Å². The van der Waals surface area contributed by atoms with Gasteiger partial charge in [-0.05, 0) is 6.07 Å². The van der Waals surface area contributed by atoms with Gasteiger partial charge in [-0.1, -0.05) is 0 Å². The summed E-state index contributed by atoms with van der Waals surface area (Å²) >= 11 is 1.24. The van der Waals surface area contributed by atoms with Gasteiger partial charge in [0, 0.05) is 17.5 Å². The molecule has 0 radical (unpaired) electrons. The largest absolute Gasteiger partial charge is 0.472 e. The molecule has 0 aliphatic rings. The van der Waals surface area contributed by atoms with Crippen molar-refractivity contribution in [2.45, 2.75) is 6.54 Å². The predicted octanol–water partition coefficient (Wildman–Crippen LogP) is 1.25. The SMILES string of the molecule is Nc1nc(C(=O)NCc2ccoc2)cs1. The number of thiazole rings is 1. The van der Waals surface area contributed by atoms with E-state index in [1.165, 1.54) is 11.3 Å². The van der Waals surface area contributed by atoms with Gasteiger partial charge in [-0.15, -0.1) is 11.3 Å². The Morgan fingerprint density at radius 3 is 3.13 bits per heavy atom. The minimum absolute atomic E-state index is 0.232. The van der Waals surface area contributed by atoms with Gasteiger partial charge in [-0.25, -0.2) is 4.98 Å². The molecule has 6 heteroatoms. The van der Waals surface area contributed by atoms with Gasteiger partial charge in [0.05, 0.1) is 12.5 Å². The average molecular weight is 223 g/mol. The Labute approximate surface area is 89.9 Å². The van der Waals surface area contributed by atoms with Gasteiger partial charge in [0.2, 0.25) is 0 Å². The zero-order valence-corrected chi connectivity index (χ0v) is 8.58. The van der Waals surface area contributed by atoms with Crippen LogP contribution in [0.1, 0.15) is 16.1 Å². The first-order valence-corrected chi connectivity index (χ1v) is 5.14. The van der Waals surface area contributed by atoms with Crippen LogP contribution in [0.25, 0.3) is 0 Å². The van der Waals surface area contributed by atoms with E-state index in [9.17, 15) is 4.79 Å². The number of carbonyl (C=O) groups excluding carboxylic acids is 1. The number of nitrogen functional groups attached to an aromatic ring is 1. The standard InChI is InChI=1S/C9H9N3O2S/c10-9-12-7(5-15-9)8(13)11-3-6-1-2-14-4-6/h1-2,4-5H,3H2,(H2,10,12)(H,11,13). The molecular formula is C9H9N3O2S. The van der Waals surface area contributed by atoms with Crippen molar-refractivity contribution >= 4 is 22.4 Å². The molecule has 0 saturated heterocycles. The van der Waals surface area contributed by atoms with E-state index in [0.717, 1.165) is 5.56 Å². The lowest BCUT2D eigenvalue weighted by Gasteiger charge is -1.99. The first-order valence-electron chi connectivity index (χ1n) is 4.26. The Balaban J connectivity index is 1.93. The second-order valence-electron chi connectivity index (χ2n) is 2.89. The number of hydrogen-bond donors (Lipinski definition) is 2. The quantitative estimate of drug-likeness (QED) is 0.820. The minimum atomic E-state index is -0.232. The van der Waals surface area contributed by atoms with E-state index in [-0.39, 0.29) is 5.91 Å². The lowest BCUT2D eigenvalue weighted by molar-refractivity contribution is 0.0946. The zero-order chi connectivity index (χ0) is 10.7. The van der Waals surface area contributed by atoms with E-state index in [0.29, 0.717) is 17.4 Å². The van der Waals surface area contributed by atoms with Crippen molar-refractivity contribution in [2.24, 2.45) is 0 Å². The first kappa shape index (κ1) is 9.72. The van der Waals surface area contributed by atoms with Crippen LogP contribution in [0.4, 0.5) is 5.13 Å². The molecular weight excluding hydrogens is 214 g/mol. The Bertz CT molecular complexity index is 450. The van der Waals surface area contributed by atoms with Gasteiger partial charge in [-0.3, -0.25) is 4.79 Å². The van der Waals surface area contributed by atoms with Crippen molar-refractivity contribution < 1.29 is 9.21 Å². The van der Waals surface area contributed by atoms with Crippen molar-refractivity contribution in [3.8, 4) is 0 Å². The second-order valence-corrected chi connectivity index (χ2v) is 3.77. The van der Waals surface area contributed by atoms with Crippen LogP contribution in [0.15, 0.2) is 28.4 Å². The van der Waals surface area contributed by atoms with E-state index >= 15 is 0 Å². The maximum atomic E-state index is 11.5. The molecule has 0 saturated carbocycles. The molecule has 0 bridgehead atoms.